The molecule has 1 fully saturated rings. The smallest absolute Gasteiger partial charge is 0.191 e. The maximum absolute atomic E-state index is 5.51. The van der Waals surface area contributed by atoms with Gasteiger partial charge in [0.15, 0.2) is 5.96 Å². The molecule has 7 heteroatoms. The number of guanidine groups is 1. The number of rotatable bonds is 7. The van der Waals surface area contributed by atoms with Crippen molar-refractivity contribution in [1.82, 2.24) is 15.6 Å². The second kappa shape index (κ2) is 9.78. The molecule has 6 nitrogen and oxygen atoms in total. The van der Waals surface area contributed by atoms with Crippen LogP contribution >= 0.6 is 11.3 Å². The average Bonchev–Trinajstić information content (AvgIpc) is 3.34. The molecule has 0 spiro atoms. The van der Waals surface area contributed by atoms with Crippen LogP contribution in [0, 0.1) is 5.92 Å². The summed E-state index contributed by atoms with van der Waals surface area (Å²) in [5.74, 6) is 2.40. The third kappa shape index (κ3) is 5.38. The number of ether oxygens (including phenoxy) is 1. The van der Waals surface area contributed by atoms with E-state index < -0.39 is 0 Å². The van der Waals surface area contributed by atoms with E-state index in [1.54, 1.807) is 18.4 Å². The third-order valence-electron chi connectivity index (χ3n) is 4.79. The van der Waals surface area contributed by atoms with Crippen LogP contribution in [0.5, 0.6) is 5.75 Å². The van der Waals surface area contributed by atoms with Gasteiger partial charge >= 0.3 is 0 Å². The van der Waals surface area contributed by atoms with Gasteiger partial charge in [-0.25, -0.2) is 4.98 Å². The van der Waals surface area contributed by atoms with Crippen LogP contribution in [-0.2, 0) is 13.0 Å². The van der Waals surface area contributed by atoms with Crippen LogP contribution in [0.3, 0.4) is 0 Å². The van der Waals surface area contributed by atoms with Crippen LogP contribution < -0.4 is 20.3 Å². The van der Waals surface area contributed by atoms with Crippen LogP contribution in [0.25, 0.3) is 0 Å². The van der Waals surface area contributed by atoms with Crippen LogP contribution in [0.15, 0.2) is 35.5 Å². The van der Waals surface area contributed by atoms with E-state index >= 15 is 0 Å². The first-order chi connectivity index (χ1) is 13.6. The van der Waals surface area contributed by atoms with Crippen LogP contribution in [-0.4, -0.2) is 44.2 Å². The minimum atomic E-state index is 0.356. The number of hydrogen-bond donors (Lipinski definition) is 2. The maximum atomic E-state index is 5.51. The van der Waals surface area contributed by atoms with Gasteiger partial charge in [0, 0.05) is 43.7 Å². The van der Waals surface area contributed by atoms with Crippen molar-refractivity contribution in [2.45, 2.75) is 39.3 Å². The Kier molecular flexibility index (Phi) is 7.14. The Labute approximate surface area is 172 Å². The topological polar surface area (TPSA) is 61.8 Å². The first-order valence-electron chi connectivity index (χ1n) is 9.87. The zero-order valence-corrected chi connectivity index (χ0v) is 18.1. The summed E-state index contributed by atoms with van der Waals surface area (Å²) in [6.07, 6.45) is 4.08. The van der Waals surface area contributed by atoms with Gasteiger partial charge in [-0.3, -0.25) is 4.99 Å². The Morgan fingerprint density at radius 3 is 2.96 bits per heavy atom. The fourth-order valence-corrected chi connectivity index (χ4v) is 4.49. The SMILES string of the molecule is CN=C(NCc1cnc(CC(C)C)s1)NC1CCN(c2ccccc2OC)C1. The number of para-hydroxylation sites is 2. The lowest BCUT2D eigenvalue weighted by molar-refractivity contribution is 0.415. The van der Waals surface area contributed by atoms with Crippen LogP contribution in [0.2, 0.25) is 0 Å². The fourth-order valence-electron chi connectivity index (χ4n) is 3.42. The minimum absolute atomic E-state index is 0.356. The second-order valence-electron chi connectivity index (χ2n) is 7.49. The molecule has 0 radical (unpaired) electrons. The van der Waals surface area contributed by atoms with Crippen LogP contribution in [0.4, 0.5) is 5.69 Å². The summed E-state index contributed by atoms with van der Waals surface area (Å²) in [5.41, 5.74) is 1.15. The van der Waals surface area contributed by atoms with Gasteiger partial charge in [-0.15, -0.1) is 11.3 Å². The largest absolute Gasteiger partial charge is 0.495 e. The van der Waals surface area contributed by atoms with Gasteiger partial charge in [0.1, 0.15) is 5.75 Å². The van der Waals surface area contributed by atoms with Crippen molar-refractivity contribution in [3.8, 4) is 5.75 Å². The molecule has 152 valence electrons. The molecule has 1 saturated heterocycles. The number of aliphatic imine (C=N–C) groups is 1. The highest BCUT2D eigenvalue weighted by Gasteiger charge is 2.25. The molecule has 28 heavy (non-hydrogen) atoms. The molecule has 1 aromatic carbocycles. The van der Waals surface area contributed by atoms with Gasteiger partial charge in [-0.2, -0.15) is 0 Å². The van der Waals surface area contributed by atoms with Gasteiger partial charge in [0.05, 0.1) is 24.3 Å². The summed E-state index contributed by atoms with van der Waals surface area (Å²) in [6, 6.07) is 8.55. The van der Waals surface area contributed by atoms with E-state index in [0.717, 1.165) is 49.9 Å². The molecular formula is C21H31N5OS. The molecule has 2 heterocycles. The molecule has 2 N–H and O–H groups in total. The molecule has 3 rings (SSSR count). The number of benzene rings is 1. The predicted octanol–water partition coefficient (Wildman–Crippen LogP) is 3.29. The first-order valence-corrected chi connectivity index (χ1v) is 10.7. The maximum Gasteiger partial charge on any atom is 0.191 e. The number of thiazole rings is 1. The van der Waals surface area contributed by atoms with Crippen molar-refractivity contribution in [3.05, 3.63) is 40.3 Å². The van der Waals surface area contributed by atoms with E-state index in [1.165, 1.54) is 9.88 Å². The average molecular weight is 402 g/mol. The molecule has 0 saturated carbocycles. The van der Waals surface area contributed by atoms with E-state index in [-0.39, 0.29) is 0 Å². The Hall–Kier alpha value is -2.28. The highest BCUT2D eigenvalue weighted by Crippen LogP contribution is 2.30. The van der Waals surface area contributed by atoms with Crippen molar-refractivity contribution >= 4 is 23.0 Å². The number of anilines is 1. The molecular weight excluding hydrogens is 370 g/mol. The van der Waals surface area contributed by atoms with Gasteiger partial charge < -0.3 is 20.3 Å². The highest BCUT2D eigenvalue weighted by molar-refractivity contribution is 7.11. The van der Waals surface area contributed by atoms with Crippen LogP contribution in [0.1, 0.15) is 30.2 Å². The fraction of sp³-hybridized carbons (Fsp3) is 0.524. The molecule has 1 atom stereocenters. The lowest BCUT2D eigenvalue weighted by atomic mass is 10.1. The number of methoxy groups -OCH3 is 1. The summed E-state index contributed by atoms with van der Waals surface area (Å²) >= 11 is 1.78. The lowest BCUT2D eigenvalue weighted by Gasteiger charge is -2.22. The summed E-state index contributed by atoms with van der Waals surface area (Å²) < 4.78 is 5.51. The van der Waals surface area contributed by atoms with Crippen molar-refractivity contribution in [1.29, 1.82) is 0 Å². The Morgan fingerprint density at radius 1 is 1.39 bits per heavy atom. The normalized spacial score (nSPS) is 17.2. The monoisotopic (exact) mass is 401 g/mol. The quantitative estimate of drug-likeness (QED) is 0.551. The highest BCUT2D eigenvalue weighted by atomic mass is 32.1. The second-order valence-corrected chi connectivity index (χ2v) is 8.69. The zero-order chi connectivity index (χ0) is 19.9. The summed E-state index contributed by atoms with van der Waals surface area (Å²) in [6.45, 7) is 7.13. The number of hydrogen-bond acceptors (Lipinski definition) is 5. The van der Waals surface area contributed by atoms with E-state index in [1.807, 2.05) is 25.4 Å². The van der Waals surface area contributed by atoms with E-state index in [0.29, 0.717) is 12.0 Å². The van der Waals surface area contributed by atoms with Gasteiger partial charge in [0.2, 0.25) is 0 Å². The third-order valence-corrected chi connectivity index (χ3v) is 5.81. The minimum Gasteiger partial charge on any atom is -0.495 e. The predicted molar refractivity (Wildman–Crippen MR) is 118 cm³/mol. The number of aromatic nitrogens is 1. The van der Waals surface area contributed by atoms with Gasteiger partial charge in [-0.1, -0.05) is 26.0 Å². The van der Waals surface area contributed by atoms with Crippen molar-refractivity contribution < 1.29 is 4.74 Å². The Bertz CT molecular complexity index is 789. The number of nitrogens with one attached hydrogen (secondary N) is 2. The molecule has 1 unspecified atom stereocenters. The molecule has 1 aliphatic heterocycles. The Morgan fingerprint density at radius 2 is 2.21 bits per heavy atom. The molecule has 2 aromatic rings. The van der Waals surface area contributed by atoms with E-state index in [2.05, 4.69) is 51.5 Å². The molecule has 0 amide bonds. The van der Waals surface area contributed by atoms with E-state index in [9.17, 15) is 0 Å². The first kappa shape index (κ1) is 20.5. The Balaban J connectivity index is 1.51. The molecule has 0 aliphatic carbocycles. The summed E-state index contributed by atoms with van der Waals surface area (Å²) in [7, 11) is 3.54. The number of nitrogens with zero attached hydrogens (tertiary/aromatic N) is 3. The molecule has 1 aromatic heterocycles. The van der Waals surface area contributed by atoms with Gasteiger partial charge in [-0.05, 0) is 24.5 Å². The van der Waals surface area contributed by atoms with Crippen molar-refractivity contribution in [2.75, 3.05) is 32.1 Å². The summed E-state index contributed by atoms with van der Waals surface area (Å²) in [4.78, 5) is 12.5. The zero-order valence-electron chi connectivity index (χ0n) is 17.2. The standard InChI is InChI=1S/C21H31N5OS/c1-15(2)11-20-23-12-17(28-20)13-24-21(22-3)25-16-9-10-26(14-16)18-7-5-6-8-19(18)27-4/h5-8,12,15-16H,9-11,13-14H2,1-4H3,(H2,22,24,25). The lowest BCUT2D eigenvalue weighted by Crippen LogP contribution is -2.44. The van der Waals surface area contributed by atoms with Gasteiger partial charge in [0.25, 0.3) is 0 Å². The summed E-state index contributed by atoms with van der Waals surface area (Å²) in [5, 5.41) is 8.18. The van der Waals surface area contributed by atoms with Crippen molar-refractivity contribution in [3.63, 3.8) is 0 Å². The molecule has 0 bridgehead atoms. The van der Waals surface area contributed by atoms with Crippen molar-refractivity contribution in [2.24, 2.45) is 10.9 Å². The van der Waals surface area contributed by atoms with E-state index in [4.69, 9.17) is 4.74 Å². The molecule has 1 aliphatic rings.